The van der Waals surface area contributed by atoms with Gasteiger partial charge in [-0.3, -0.25) is 9.78 Å². The van der Waals surface area contributed by atoms with Crippen LogP contribution in [0.15, 0.2) is 47.2 Å². The number of hydrogen-bond acceptors (Lipinski definition) is 7. The van der Waals surface area contributed by atoms with Crippen LogP contribution in [0, 0.1) is 0 Å². The summed E-state index contributed by atoms with van der Waals surface area (Å²) in [4.78, 5) is 19.1. The largest absolute Gasteiger partial charge is 0.482 e. The number of aliphatic hydroxyl groups is 2. The monoisotopic (exact) mass is 371 g/mol. The number of rotatable bonds is 4. The normalized spacial score (nSPS) is 18.7. The van der Waals surface area contributed by atoms with Crippen LogP contribution in [0.1, 0.15) is 35.6 Å². The zero-order valence-corrected chi connectivity index (χ0v) is 14.6. The van der Waals surface area contributed by atoms with Crippen molar-refractivity contribution in [1.82, 2.24) is 9.97 Å². The van der Waals surface area contributed by atoms with Crippen molar-refractivity contribution in [2.24, 2.45) is 5.73 Å². The Morgan fingerprint density at radius 3 is 2.59 bits per heavy atom. The van der Waals surface area contributed by atoms with Crippen LogP contribution in [-0.2, 0) is 6.61 Å². The van der Waals surface area contributed by atoms with Crippen molar-refractivity contribution in [2.45, 2.75) is 38.1 Å². The molecule has 27 heavy (non-hydrogen) atoms. The van der Waals surface area contributed by atoms with E-state index in [0.717, 1.165) is 30.2 Å². The van der Waals surface area contributed by atoms with Crippen LogP contribution >= 0.6 is 0 Å². The smallest absolute Gasteiger partial charge is 0.270 e. The minimum Gasteiger partial charge on any atom is -0.482 e. The van der Waals surface area contributed by atoms with Crippen LogP contribution in [0.25, 0.3) is 10.9 Å². The number of carbonyl (C=O) groups excluding carboxylic acids is 1. The molecule has 1 aromatic carbocycles. The van der Waals surface area contributed by atoms with Gasteiger partial charge in [0.15, 0.2) is 12.3 Å². The highest BCUT2D eigenvalue weighted by Crippen LogP contribution is 2.23. The van der Waals surface area contributed by atoms with Crippen molar-refractivity contribution in [3.05, 3.63) is 54.4 Å². The Balaban J connectivity index is 0.000000253. The minimum absolute atomic E-state index is 0.0830. The average molecular weight is 371 g/mol. The zero-order chi connectivity index (χ0) is 19.2. The fraction of sp³-hybridized carbons (Fsp3) is 0.316. The number of amides is 1. The molecule has 0 radical (unpaired) electrons. The van der Waals surface area contributed by atoms with Gasteiger partial charge in [0.05, 0.1) is 12.2 Å². The van der Waals surface area contributed by atoms with Gasteiger partial charge in [0.25, 0.3) is 5.91 Å². The van der Waals surface area contributed by atoms with E-state index >= 15 is 0 Å². The molecule has 8 nitrogen and oxygen atoms in total. The third kappa shape index (κ3) is 4.81. The molecule has 8 heteroatoms. The number of ether oxygens (including phenoxy) is 1. The summed E-state index contributed by atoms with van der Waals surface area (Å²) < 4.78 is 10.7. The number of nitrogens with zero attached hydrogens (tertiary/aromatic N) is 2. The lowest BCUT2D eigenvalue weighted by molar-refractivity contribution is 0.0438. The van der Waals surface area contributed by atoms with Crippen LogP contribution in [0.4, 0.5) is 0 Å². The number of nitrogens with two attached hydrogens (primary N) is 1. The van der Waals surface area contributed by atoms with E-state index in [1.165, 1.54) is 6.26 Å². The van der Waals surface area contributed by atoms with Crippen molar-refractivity contribution in [3.63, 3.8) is 0 Å². The van der Waals surface area contributed by atoms with Gasteiger partial charge in [-0.05, 0) is 31.4 Å². The first-order valence-electron chi connectivity index (χ1n) is 8.61. The summed E-state index contributed by atoms with van der Waals surface area (Å²) in [6, 6.07) is 9.45. The van der Waals surface area contributed by atoms with Gasteiger partial charge in [0.2, 0.25) is 5.89 Å². The maximum absolute atomic E-state index is 10.9. The number of primary amides is 1. The molecule has 0 spiro atoms. The predicted molar refractivity (Wildman–Crippen MR) is 97.0 cm³/mol. The number of aromatic nitrogens is 2. The first-order chi connectivity index (χ1) is 13.0. The lowest BCUT2D eigenvalue weighted by atomic mass is 10.2. The number of fused-ring (bicyclic) bond motifs is 1. The van der Waals surface area contributed by atoms with Gasteiger partial charge in [0.1, 0.15) is 17.5 Å². The number of hydrogen-bond donors (Lipinski definition) is 3. The molecular weight excluding hydrogens is 350 g/mol. The molecule has 1 saturated carbocycles. The number of benzene rings is 1. The lowest BCUT2D eigenvalue weighted by Crippen LogP contribution is -2.17. The molecule has 3 aromatic rings. The molecular formula is C19H21N3O5. The van der Waals surface area contributed by atoms with E-state index in [0.29, 0.717) is 5.75 Å². The molecule has 2 unspecified atom stereocenters. The van der Waals surface area contributed by atoms with E-state index in [4.69, 9.17) is 25.1 Å². The van der Waals surface area contributed by atoms with Crippen molar-refractivity contribution in [2.75, 3.05) is 0 Å². The van der Waals surface area contributed by atoms with Crippen molar-refractivity contribution in [1.29, 1.82) is 0 Å². The molecule has 4 N–H and O–H groups in total. The second kappa shape index (κ2) is 8.61. The standard InChI is InChI=1S/C14H11N3O3.C5H10O2/c15-14(18)10-7-20-12(17-10)8-19-11-5-1-3-9-4-2-6-16-13(9)11;6-4-2-1-3-5(4)7/h1-7H,8H2,(H2,15,18);4-7H,1-3H2. The number of aliphatic hydroxyl groups excluding tert-OH is 2. The Morgan fingerprint density at radius 1 is 1.22 bits per heavy atom. The number of pyridine rings is 1. The summed E-state index contributed by atoms with van der Waals surface area (Å²) in [5.41, 5.74) is 5.94. The Bertz CT molecular complexity index is 898. The van der Waals surface area contributed by atoms with Gasteiger partial charge >= 0.3 is 0 Å². The van der Waals surface area contributed by atoms with Gasteiger partial charge in [-0.25, -0.2) is 4.98 Å². The van der Waals surface area contributed by atoms with E-state index in [1.54, 1.807) is 6.20 Å². The van der Waals surface area contributed by atoms with Crippen LogP contribution in [-0.4, -0.2) is 38.3 Å². The summed E-state index contributed by atoms with van der Waals surface area (Å²) in [6.45, 7) is 0.100. The molecule has 0 aliphatic heterocycles. The maximum Gasteiger partial charge on any atom is 0.270 e. The second-order valence-electron chi connectivity index (χ2n) is 6.18. The zero-order valence-electron chi connectivity index (χ0n) is 14.6. The highest BCUT2D eigenvalue weighted by atomic mass is 16.5. The van der Waals surface area contributed by atoms with E-state index in [-0.39, 0.29) is 18.2 Å². The van der Waals surface area contributed by atoms with Gasteiger partial charge in [-0.1, -0.05) is 18.2 Å². The summed E-state index contributed by atoms with van der Waals surface area (Å²) in [5, 5.41) is 18.5. The van der Waals surface area contributed by atoms with Gasteiger partial charge in [-0.2, -0.15) is 0 Å². The van der Waals surface area contributed by atoms with Crippen LogP contribution in [0.2, 0.25) is 0 Å². The lowest BCUT2D eigenvalue weighted by Gasteiger charge is -2.06. The fourth-order valence-electron chi connectivity index (χ4n) is 2.74. The van der Waals surface area contributed by atoms with E-state index in [9.17, 15) is 4.79 Å². The molecule has 4 rings (SSSR count). The summed E-state index contributed by atoms with van der Waals surface area (Å²) >= 11 is 0. The van der Waals surface area contributed by atoms with Crippen molar-refractivity contribution < 1.29 is 24.2 Å². The van der Waals surface area contributed by atoms with E-state index in [1.807, 2.05) is 30.3 Å². The Kier molecular flexibility index (Phi) is 6.00. The average Bonchev–Trinajstić information content (AvgIpc) is 3.30. The Morgan fingerprint density at radius 2 is 1.96 bits per heavy atom. The van der Waals surface area contributed by atoms with Gasteiger partial charge < -0.3 is 25.1 Å². The number of para-hydroxylation sites is 1. The summed E-state index contributed by atoms with van der Waals surface area (Å²) in [6.07, 6.45) is 4.58. The van der Waals surface area contributed by atoms with Crippen molar-refractivity contribution in [3.8, 4) is 5.75 Å². The first-order valence-corrected chi connectivity index (χ1v) is 8.61. The molecule has 0 saturated heterocycles. The van der Waals surface area contributed by atoms with Crippen molar-refractivity contribution >= 4 is 16.8 Å². The maximum atomic E-state index is 10.9. The van der Waals surface area contributed by atoms with Gasteiger partial charge in [-0.15, -0.1) is 0 Å². The molecule has 1 aliphatic rings. The quantitative estimate of drug-likeness (QED) is 0.637. The minimum atomic E-state index is -0.633. The van der Waals surface area contributed by atoms with E-state index in [2.05, 4.69) is 9.97 Å². The fourth-order valence-corrected chi connectivity index (χ4v) is 2.74. The molecule has 2 heterocycles. The molecule has 0 bridgehead atoms. The molecule has 1 amide bonds. The van der Waals surface area contributed by atoms with E-state index < -0.39 is 18.1 Å². The second-order valence-corrected chi connectivity index (χ2v) is 6.18. The van der Waals surface area contributed by atoms with Crippen LogP contribution in [0.5, 0.6) is 5.75 Å². The predicted octanol–water partition coefficient (Wildman–Crippen LogP) is 1.79. The number of carbonyl (C=O) groups is 1. The van der Waals surface area contributed by atoms with Crippen LogP contribution < -0.4 is 10.5 Å². The van der Waals surface area contributed by atoms with Gasteiger partial charge in [0, 0.05) is 11.6 Å². The SMILES string of the molecule is NC(=O)c1coc(COc2cccc3cccnc23)n1.OC1CCCC1O. The molecule has 142 valence electrons. The third-order valence-electron chi connectivity index (χ3n) is 4.19. The highest BCUT2D eigenvalue weighted by Gasteiger charge is 2.21. The Hall–Kier alpha value is -2.97. The molecule has 2 atom stereocenters. The topological polar surface area (TPSA) is 132 Å². The molecule has 1 aliphatic carbocycles. The molecule has 2 aromatic heterocycles. The summed E-state index contributed by atoms with van der Waals surface area (Å²) in [7, 11) is 0. The third-order valence-corrected chi connectivity index (χ3v) is 4.19. The number of oxazole rings is 1. The summed E-state index contributed by atoms with van der Waals surface area (Å²) in [5.74, 6) is 0.278. The first kappa shape index (κ1) is 18.8. The highest BCUT2D eigenvalue weighted by molar-refractivity contribution is 5.90. The Labute approximate surface area is 155 Å². The molecule has 1 fully saturated rings. The van der Waals surface area contributed by atoms with Crippen LogP contribution in [0.3, 0.4) is 0 Å².